The van der Waals surface area contributed by atoms with Crippen LogP contribution in [0.2, 0.25) is 0 Å². The van der Waals surface area contributed by atoms with Crippen molar-refractivity contribution in [1.82, 2.24) is 19.7 Å². The number of β-amino-alcohol motifs (C(OH)–C–C–N with tert-alkyl or cyclic N) is 1. The number of nitro benzene ring substituents is 1. The number of non-ortho nitro benzene ring substituents is 1. The summed E-state index contributed by atoms with van der Waals surface area (Å²) in [6.07, 6.45) is 3.23. The predicted molar refractivity (Wildman–Crippen MR) is 115 cm³/mol. The number of pyridine rings is 1. The lowest BCUT2D eigenvalue weighted by atomic mass is 10.0. The van der Waals surface area contributed by atoms with E-state index in [1.165, 1.54) is 29.2 Å². The van der Waals surface area contributed by atoms with Crippen LogP contribution in [0.15, 0.2) is 54.5 Å². The van der Waals surface area contributed by atoms with Crippen LogP contribution < -0.4 is 0 Å². The van der Waals surface area contributed by atoms with Crippen molar-refractivity contribution in [1.29, 1.82) is 0 Å². The van der Waals surface area contributed by atoms with E-state index in [1.54, 1.807) is 24.5 Å². The fraction of sp³-hybridized carbons (Fsp3) is 0.318. The van der Waals surface area contributed by atoms with Gasteiger partial charge < -0.3 is 10.0 Å². The van der Waals surface area contributed by atoms with Crippen molar-refractivity contribution in [3.8, 4) is 0 Å². The second kappa shape index (κ2) is 9.25. The van der Waals surface area contributed by atoms with Gasteiger partial charge in [-0.05, 0) is 29.3 Å². The van der Waals surface area contributed by atoms with Gasteiger partial charge in [0.1, 0.15) is 5.70 Å². The number of imide groups is 1. The van der Waals surface area contributed by atoms with E-state index < -0.39 is 10.8 Å². The van der Waals surface area contributed by atoms with Crippen LogP contribution in [0, 0.1) is 10.1 Å². The van der Waals surface area contributed by atoms with Gasteiger partial charge in [-0.3, -0.25) is 34.5 Å². The van der Waals surface area contributed by atoms with Gasteiger partial charge >= 0.3 is 0 Å². The number of aliphatic hydroxyl groups excluding tert-OH is 1. The number of nitrogens with zero attached hydrogens (tertiary/aromatic N) is 5. The molecule has 0 unspecified atom stereocenters. The van der Waals surface area contributed by atoms with Crippen LogP contribution in [0.1, 0.15) is 11.1 Å². The molecule has 1 aromatic heterocycles. The standard InChI is InChI=1S/C22H23N5O5/c28-13-12-24-8-10-25(11-9-24)20-19(17-3-5-18(6-4-17)27(31)32)21(29)26(22(20)30)15-16-2-1-7-23-14-16/h1-7,14,28H,8-13,15H2. The van der Waals surface area contributed by atoms with Gasteiger partial charge in [0.2, 0.25) is 0 Å². The molecule has 4 rings (SSSR count). The number of aliphatic hydroxyl groups is 1. The smallest absolute Gasteiger partial charge is 0.278 e. The van der Waals surface area contributed by atoms with Crippen molar-refractivity contribution in [2.75, 3.05) is 39.3 Å². The maximum absolute atomic E-state index is 13.4. The first-order valence-electron chi connectivity index (χ1n) is 10.3. The van der Waals surface area contributed by atoms with E-state index in [2.05, 4.69) is 9.88 Å². The van der Waals surface area contributed by atoms with E-state index in [0.717, 1.165) is 5.56 Å². The number of amides is 2. The minimum absolute atomic E-state index is 0.0625. The maximum Gasteiger partial charge on any atom is 0.278 e. The van der Waals surface area contributed by atoms with E-state index in [9.17, 15) is 24.8 Å². The molecule has 2 aliphatic rings. The number of hydrogen-bond acceptors (Lipinski definition) is 8. The molecule has 10 heteroatoms. The summed E-state index contributed by atoms with van der Waals surface area (Å²) in [4.78, 5) is 46.6. The summed E-state index contributed by atoms with van der Waals surface area (Å²) in [5.74, 6) is -0.816. The van der Waals surface area contributed by atoms with Crippen molar-refractivity contribution < 1.29 is 19.6 Å². The van der Waals surface area contributed by atoms with Gasteiger partial charge in [-0.2, -0.15) is 0 Å². The number of benzene rings is 1. The summed E-state index contributed by atoms with van der Waals surface area (Å²) in [7, 11) is 0. The molecule has 2 aromatic rings. The van der Waals surface area contributed by atoms with Crippen LogP contribution in [-0.2, 0) is 16.1 Å². The molecule has 10 nitrogen and oxygen atoms in total. The van der Waals surface area contributed by atoms with E-state index in [0.29, 0.717) is 44.0 Å². The number of aromatic nitrogens is 1. The molecule has 2 amide bonds. The Morgan fingerprint density at radius 2 is 1.75 bits per heavy atom. The minimum Gasteiger partial charge on any atom is -0.395 e. The highest BCUT2D eigenvalue weighted by molar-refractivity contribution is 6.35. The molecule has 0 radical (unpaired) electrons. The SMILES string of the molecule is O=C1C(c2ccc([N+](=O)[O-])cc2)=C(N2CCN(CCO)CC2)C(=O)N1Cc1cccnc1. The lowest BCUT2D eigenvalue weighted by Crippen LogP contribution is -2.48. The van der Waals surface area contributed by atoms with E-state index in [1.807, 2.05) is 4.90 Å². The Bertz CT molecular complexity index is 1050. The molecule has 166 valence electrons. The third-order valence-electron chi connectivity index (χ3n) is 5.68. The Hall–Kier alpha value is -3.63. The molecule has 0 atom stereocenters. The van der Waals surface area contributed by atoms with Crippen molar-refractivity contribution in [2.24, 2.45) is 0 Å². The maximum atomic E-state index is 13.4. The Labute approximate surface area is 184 Å². The van der Waals surface area contributed by atoms with Crippen molar-refractivity contribution >= 4 is 23.1 Å². The van der Waals surface area contributed by atoms with Crippen LogP contribution >= 0.6 is 0 Å². The first kappa shape index (κ1) is 21.6. The molecule has 32 heavy (non-hydrogen) atoms. The molecule has 0 spiro atoms. The number of piperazine rings is 1. The van der Waals surface area contributed by atoms with Gasteiger partial charge in [-0.15, -0.1) is 0 Å². The van der Waals surface area contributed by atoms with Crippen LogP contribution in [0.5, 0.6) is 0 Å². The third kappa shape index (κ3) is 4.23. The molecular formula is C22H23N5O5. The summed E-state index contributed by atoms with van der Waals surface area (Å²) >= 11 is 0. The van der Waals surface area contributed by atoms with Gasteiger partial charge in [0.25, 0.3) is 17.5 Å². The molecule has 1 fully saturated rings. The van der Waals surface area contributed by atoms with Gasteiger partial charge in [0, 0.05) is 57.3 Å². The fourth-order valence-electron chi connectivity index (χ4n) is 4.02. The lowest BCUT2D eigenvalue weighted by molar-refractivity contribution is -0.384. The van der Waals surface area contributed by atoms with Crippen LogP contribution in [0.25, 0.3) is 5.57 Å². The number of nitro groups is 1. The van der Waals surface area contributed by atoms with Crippen molar-refractivity contribution in [3.63, 3.8) is 0 Å². The lowest BCUT2D eigenvalue weighted by Gasteiger charge is -2.36. The predicted octanol–water partition coefficient (Wildman–Crippen LogP) is 0.880. The fourth-order valence-corrected chi connectivity index (χ4v) is 4.02. The largest absolute Gasteiger partial charge is 0.395 e. The van der Waals surface area contributed by atoms with E-state index in [-0.39, 0.29) is 30.3 Å². The molecule has 1 saturated heterocycles. The Morgan fingerprint density at radius 3 is 2.34 bits per heavy atom. The highest BCUT2D eigenvalue weighted by Gasteiger charge is 2.42. The molecule has 0 bridgehead atoms. The quantitative estimate of drug-likeness (QED) is 0.385. The van der Waals surface area contributed by atoms with Gasteiger partial charge in [-0.25, -0.2) is 0 Å². The summed E-state index contributed by atoms with van der Waals surface area (Å²) < 4.78 is 0. The van der Waals surface area contributed by atoms with E-state index in [4.69, 9.17) is 0 Å². The third-order valence-corrected chi connectivity index (χ3v) is 5.68. The number of carbonyl (C=O) groups excluding carboxylic acids is 2. The van der Waals surface area contributed by atoms with Crippen molar-refractivity contribution in [3.05, 3.63) is 75.7 Å². The zero-order chi connectivity index (χ0) is 22.7. The summed E-state index contributed by atoms with van der Waals surface area (Å²) in [6.45, 7) is 3.09. The zero-order valence-electron chi connectivity index (χ0n) is 17.4. The van der Waals surface area contributed by atoms with Gasteiger partial charge in [-0.1, -0.05) is 6.07 Å². The Morgan fingerprint density at radius 1 is 1.03 bits per heavy atom. The number of carbonyl (C=O) groups is 2. The average molecular weight is 437 g/mol. The van der Waals surface area contributed by atoms with Crippen LogP contribution in [0.4, 0.5) is 5.69 Å². The summed E-state index contributed by atoms with van der Waals surface area (Å²) in [5, 5.41) is 20.2. The normalized spacial score (nSPS) is 17.4. The Kier molecular flexibility index (Phi) is 6.24. The van der Waals surface area contributed by atoms with E-state index >= 15 is 0 Å². The van der Waals surface area contributed by atoms with Crippen molar-refractivity contribution in [2.45, 2.75) is 6.54 Å². The molecular weight excluding hydrogens is 414 g/mol. The zero-order valence-corrected chi connectivity index (χ0v) is 17.4. The first-order valence-corrected chi connectivity index (χ1v) is 10.3. The molecule has 0 saturated carbocycles. The highest BCUT2D eigenvalue weighted by atomic mass is 16.6. The van der Waals surface area contributed by atoms with Gasteiger partial charge in [0.15, 0.2) is 0 Å². The molecule has 1 aromatic carbocycles. The average Bonchev–Trinajstić information content (AvgIpc) is 3.05. The highest BCUT2D eigenvalue weighted by Crippen LogP contribution is 2.33. The minimum atomic E-state index is -0.504. The van der Waals surface area contributed by atoms with Crippen LogP contribution in [0.3, 0.4) is 0 Å². The monoisotopic (exact) mass is 437 g/mol. The second-order valence-electron chi connectivity index (χ2n) is 7.64. The molecule has 2 aliphatic heterocycles. The Balaban J connectivity index is 1.68. The van der Waals surface area contributed by atoms with Crippen LogP contribution in [-0.4, -0.2) is 80.9 Å². The topological polar surface area (TPSA) is 120 Å². The second-order valence-corrected chi connectivity index (χ2v) is 7.64. The summed E-state index contributed by atoms with van der Waals surface area (Å²) in [6, 6.07) is 9.22. The number of hydrogen-bond donors (Lipinski definition) is 1. The van der Waals surface area contributed by atoms with Gasteiger partial charge in [0.05, 0.1) is 23.6 Å². The molecule has 0 aliphatic carbocycles. The molecule has 1 N–H and O–H groups in total. The summed E-state index contributed by atoms with van der Waals surface area (Å²) in [5.41, 5.74) is 1.68. The molecule has 3 heterocycles. The number of rotatable bonds is 7. The first-order chi connectivity index (χ1) is 15.5.